The highest BCUT2D eigenvalue weighted by Crippen LogP contribution is 2.26. The van der Waals surface area contributed by atoms with E-state index >= 15 is 0 Å². The Kier molecular flexibility index (Phi) is 3.85. The Morgan fingerprint density at radius 2 is 2.30 bits per heavy atom. The quantitative estimate of drug-likeness (QED) is 0.507. The summed E-state index contributed by atoms with van der Waals surface area (Å²) >= 11 is 5.74. The van der Waals surface area contributed by atoms with Crippen LogP contribution in [0.3, 0.4) is 0 Å². The van der Waals surface area contributed by atoms with E-state index in [1.54, 1.807) is 0 Å². The Morgan fingerprint density at radius 1 is 1.55 bits per heavy atom. The number of nitrogens with zero attached hydrogens (tertiary/aromatic N) is 3. The highest BCUT2D eigenvalue weighted by molar-refractivity contribution is 6.31. The molecule has 0 unspecified atom stereocenters. The van der Waals surface area contributed by atoms with E-state index in [0.29, 0.717) is 5.02 Å². The van der Waals surface area contributed by atoms with Gasteiger partial charge in [0.2, 0.25) is 5.91 Å². The van der Waals surface area contributed by atoms with Gasteiger partial charge in [0.1, 0.15) is 24.7 Å². The molecule has 0 radical (unpaired) electrons. The Labute approximate surface area is 117 Å². The molecular formula is C11H9ClN4O4. The molecule has 1 aromatic heterocycles. The maximum Gasteiger partial charge on any atom is 0.307 e. The van der Waals surface area contributed by atoms with E-state index in [0.717, 1.165) is 17.1 Å². The zero-order valence-corrected chi connectivity index (χ0v) is 10.7. The van der Waals surface area contributed by atoms with Crippen LogP contribution in [0.4, 0.5) is 11.4 Å². The number of benzene rings is 1. The van der Waals surface area contributed by atoms with Crippen molar-refractivity contribution in [1.29, 1.82) is 0 Å². The van der Waals surface area contributed by atoms with Gasteiger partial charge in [-0.25, -0.2) is 0 Å². The summed E-state index contributed by atoms with van der Waals surface area (Å²) in [6.07, 6.45) is 2.18. The van der Waals surface area contributed by atoms with Gasteiger partial charge in [-0.2, -0.15) is 5.10 Å². The molecule has 0 bridgehead atoms. The molecule has 0 fully saturated rings. The zero-order chi connectivity index (χ0) is 14.7. The molecule has 1 heterocycles. The van der Waals surface area contributed by atoms with Crippen LogP contribution < -0.4 is 5.32 Å². The van der Waals surface area contributed by atoms with Crippen LogP contribution in [0.25, 0.3) is 0 Å². The van der Waals surface area contributed by atoms with Crippen molar-refractivity contribution in [1.82, 2.24) is 9.78 Å². The lowest BCUT2D eigenvalue weighted by Gasteiger charge is -2.07. The molecule has 8 nitrogen and oxygen atoms in total. The fourth-order valence-corrected chi connectivity index (χ4v) is 1.65. The maximum atomic E-state index is 11.7. The number of aromatic nitrogens is 2. The summed E-state index contributed by atoms with van der Waals surface area (Å²) in [4.78, 5) is 21.6. The van der Waals surface area contributed by atoms with E-state index in [2.05, 4.69) is 10.4 Å². The molecule has 0 spiro atoms. The molecule has 9 heteroatoms. The Morgan fingerprint density at radius 3 is 2.95 bits per heavy atom. The second kappa shape index (κ2) is 5.57. The van der Waals surface area contributed by atoms with Gasteiger partial charge in [0.05, 0.1) is 10.6 Å². The third-order valence-electron chi connectivity index (χ3n) is 2.37. The van der Waals surface area contributed by atoms with Gasteiger partial charge in [-0.15, -0.1) is 0 Å². The van der Waals surface area contributed by atoms with Crippen LogP contribution in [0.5, 0.6) is 5.75 Å². The number of amides is 1. The van der Waals surface area contributed by atoms with Crippen molar-refractivity contribution in [3.05, 3.63) is 45.7 Å². The monoisotopic (exact) mass is 296 g/mol. The number of rotatable bonds is 4. The highest BCUT2D eigenvalue weighted by Gasteiger charge is 2.12. The maximum absolute atomic E-state index is 11.7. The van der Waals surface area contributed by atoms with Crippen LogP contribution in [-0.4, -0.2) is 25.7 Å². The standard InChI is InChI=1S/C11H9ClN4O4/c12-7-1-2-10(17)9(3-7)14-11(18)6-15-5-8(4-13-15)16(19)20/h1-5,17H,6H2,(H,14,18). The molecule has 0 aliphatic carbocycles. The highest BCUT2D eigenvalue weighted by atomic mass is 35.5. The molecule has 1 amide bonds. The number of hydrogen-bond acceptors (Lipinski definition) is 5. The number of phenols is 1. The lowest BCUT2D eigenvalue weighted by Crippen LogP contribution is -2.19. The van der Waals surface area contributed by atoms with E-state index in [9.17, 15) is 20.0 Å². The number of carbonyl (C=O) groups excluding carboxylic acids is 1. The second-order valence-electron chi connectivity index (χ2n) is 3.86. The van der Waals surface area contributed by atoms with Crippen LogP contribution in [0.2, 0.25) is 5.02 Å². The smallest absolute Gasteiger partial charge is 0.307 e. The van der Waals surface area contributed by atoms with Crippen LogP contribution in [0.1, 0.15) is 0 Å². The molecule has 0 aliphatic rings. The van der Waals surface area contributed by atoms with Gasteiger partial charge in [-0.1, -0.05) is 11.6 Å². The predicted molar refractivity (Wildman–Crippen MR) is 70.6 cm³/mol. The van der Waals surface area contributed by atoms with E-state index < -0.39 is 10.8 Å². The molecule has 0 saturated heterocycles. The van der Waals surface area contributed by atoms with E-state index in [4.69, 9.17) is 11.6 Å². The number of hydrogen-bond donors (Lipinski definition) is 2. The third-order valence-corrected chi connectivity index (χ3v) is 2.60. The van der Waals surface area contributed by atoms with Gasteiger partial charge in [0.15, 0.2) is 0 Å². The first kappa shape index (κ1) is 13.8. The minimum absolute atomic E-state index is 0.130. The molecule has 20 heavy (non-hydrogen) atoms. The third kappa shape index (κ3) is 3.23. The molecule has 2 aromatic rings. The molecule has 2 N–H and O–H groups in total. The van der Waals surface area contributed by atoms with E-state index in [1.807, 2.05) is 0 Å². The number of anilines is 1. The molecule has 0 aliphatic heterocycles. The molecule has 104 valence electrons. The van der Waals surface area contributed by atoms with Crippen molar-refractivity contribution >= 4 is 28.9 Å². The van der Waals surface area contributed by atoms with Crippen molar-refractivity contribution in [2.75, 3.05) is 5.32 Å². The van der Waals surface area contributed by atoms with Crippen molar-refractivity contribution in [2.45, 2.75) is 6.54 Å². The van der Waals surface area contributed by atoms with Gasteiger partial charge in [-0.3, -0.25) is 19.6 Å². The number of phenolic OH excluding ortho intramolecular Hbond substituents is 1. The summed E-state index contributed by atoms with van der Waals surface area (Å²) in [5, 5.41) is 26.5. The number of aromatic hydroxyl groups is 1. The SMILES string of the molecule is O=C(Cn1cc([N+](=O)[O-])cn1)Nc1cc(Cl)ccc1O. The largest absolute Gasteiger partial charge is 0.506 e. The number of carbonyl (C=O) groups is 1. The molecule has 1 aromatic carbocycles. The van der Waals surface area contributed by atoms with Gasteiger partial charge in [0.25, 0.3) is 0 Å². The first-order valence-electron chi connectivity index (χ1n) is 5.41. The van der Waals surface area contributed by atoms with E-state index in [-0.39, 0.29) is 23.7 Å². The summed E-state index contributed by atoms with van der Waals surface area (Å²) in [5.74, 6) is -0.630. The van der Waals surface area contributed by atoms with Crippen LogP contribution >= 0.6 is 11.6 Å². The molecule has 2 rings (SSSR count). The summed E-state index contributed by atoms with van der Waals surface area (Å²) in [7, 11) is 0. The Bertz CT molecular complexity index is 670. The second-order valence-corrected chi connectivity index (χ2v) is 4.30. The van der Waals surface area contributed by atoms with Crippen molar-refractivity contribution in [2.24, 2.45) is 0 Å². The first-order valence-corrected chi connectivity index (χ1v) is 5.78. The lowest BCUT2D eigenvalue weighted by atomic mass is 10.3. The first-order chi connectivity index (χ1) is 9.45. The van der Waals surface area contributed by atoms with Gasteiger partial charge in [0, 0.05) is 5.02 Å². The fraction of sp³-hybridized carbons (Fsp3) is 0.0909. The summed E-state index contributed by atoms with van der Waals surface area (Å²) in [5.41, 5.74) is -0.0486. The van der Waals surface area contributed by atoms with Crippen LogP contribution in [-0.2, 0) is 11.3 Å². The van der Waals surface area contributed by atoms with Crippen molar-refractivity contribution in [3.63, 3.8) is 0 Å². The van der Waals surface area contributed by atoms with Gasteiger partial charge >= 0.3 is 5.69 Å². The number of nitro groups is 1. The average Bonchev–Trinajstić information content (AvgIpc) is 2.82. The minimum Gasteiger partial charge on any atom is -0.506 e. The van der Waals surface area contributed by atoms with Crippen LogP contribution in [0, 0.1) is 10.1 Å². The summed E-state index contributed by atoms with van der Waals surface area (Å²) in [6.45, 7) is -0.222. The summed E-state index contributed by atoms with van der Waals surface area (Å²) in [6, 6.07) is 4.21. The molecular weight excluding hydrogens is 288 g/mol. The summed E-state index contributed by atoms with van der Waals surface area (Å²) < 4.78 is 1.12. The molecule has 0 saturated carbocycles. The van der Waals surface area contributed by atoms with Crippen molar-refractivity contribution < 1.29 is 14.8 Å². The Balaban J connectivity index is 2.05. The number of halogens is 1. The topological polar surface area (TPSA) is 110 Å². The molecule has 0 atom stereocenters. The van der Waals surface area contributed by atoms with Crippen LogP contribution in [0.15, 0.2) is 30.6 Å². The van der Waals surface area contributed by atoms with Gasteiger partial charge < -0.3 is 10.4 Å². The number of nitrogens with one attached hydrogen (secondary N) is 1. The zero-order valence-electron chi connectivity index (χ0n) is 9.99. The van der Waals surface area contributed by atoms with Crippen molar-refractivity contribution in [3.8, 4) is 5.75 Å². The fourth-order valence-electron chi connectivity index (χ4n) is 1.48. The average molecular weight is 297 g/mol. The predicted octanol–water partition coefficient (Wildman–Crippen LogP) is 1.79. The minimum atomic E-state index is -0.607. The van der Waals surface area contributed by atoms with Gasteiger partial charge in [-0.05, 0) is 18.2 Å². The van der Waals surface area contributed by atoms with E-state index in [1.165, 1.54) is 18.2 Å². The lowest BCUT2D eigenvalue weighted by molar-refractivity contribution is -0.385. The Hall–Kier alpha value is -2.61. The normalized spacial score (nSPS) is 10.2.